The fourth-order valence-electron chi connectivity index (χ4n) is 1.19. The zero-order valence-electron chi connectivity index (χ0n) is 10.3. The Hall–Kier alpha value is -2.70. The van der Waals surface area contributed by atoms with E-state index < -0.39 is 42.6 Å². The number of nitrogens with one attached hydrogen (secondary N) is 2. The van der Waals surface area contributed by atoms with E-state index in [0.29, 0.717) is 0 Å². The minimum atomic E-state index is -5.15. The van der Waals surface area contributed by atoms with Crippen molar-refractivity contribution in [1.82, 2.24) is 4.98 Å². The SMILES string of the molecule is N#Cc1cnc(NC(=O)CCF)c(NC(=O)C(F)(F)F)c1. The van der Waals surface area contributed by atoms with Crippen LogP contribution in [0, 0.1) is 11.3 Å². The van der Waals surface area contributed by atoms with Crippen molar-refractivity contribution in [3.05, 3.63) is 17.8 Å². The maximum absolute atomic E-state index is 12.2. The molecule has 10 heteroatoms. The van der Waals surface area contributed by atoms with Gasteiger partial charge in [0, 0.05) is 6.20 Å². The number of alkyl halides is 4. The summed E-state index contributed by atoms with van der Waals surface area (Å²) in [5, 5.41) is 12.2. The van der Waals surface area contributed by atoms with Crippen LogP contribution < -0.4 is 10.6 Å². The zero-order valence-corrected chi connectivity index (χ0v) is 10.3. The van der Waals surface area contributed by atoms with Crippen molar-refractivity contribution in [3.8, 4) is 6.07 Å². The predicted molar refractivity (Wildman–Crippen MR) is 62.9 cm³/mol. The number of pyridine rings is 1. The smallest absolute Gasteiger partial charge is 0.315 e. The minimum Gasteiger partial charge on any atom is -0.315 e. The Labute approximate surface area is 115 Å². The molecule has 0 fully saturated rings. The van der Waals surface area contributed by atoms with Crippen molar-refractivity contribution >= 4 is 23.3 Å². The molecule has 0 aliphatic rings. The summed E-state index contributed by atoms with van der Waals surface area (Å²) in [7, 11) is 0. The lowest BCUT2D eigenvalue weighted by Crippen LogP contribution is -2.30. The number of anilines is 2. The molecule has 0 aliphatic heterocycles. The monoisotopic (exact) mass is 304 g/mol. The van der Waals surface area contributed by atoms with Crippen LogP contribution in [0.25, 0.3) is 0 Å². The van der Waals surface area contributed by atoms with E-state index in [4.69, 9.17) is 5.26 Å². The number of aromatic nitrogens is 1. The molecule has 0 aromatic carbocycles. The minimum absolute atomic E-state index is 0.129. The van der Waals surface area contributed by atoms with Gasteiger partial charge in [0.25, 0.3) is 0 Å². The topological polar surface area (TPSA) is 94.9 Å². The molecular weight excluding hydrogens is 296 g/mol. The van der Waals surface area contributed by atoms with Crippen LogP contribution >= 0.6 is 0 Å². The van der Waals surface area contributed by atoms with Crippen molar-refractivity contribution in [2.75, 3.05) is 17.3 Å². The number of hydrogen-bond donors (Lipinski definition) is 2. The van der Waals surface area contributed by atoms with Crippen LogP contribution in [0.5, 0.6) is 0 Å². The first-order chi connectivity index (χ1) is 9.77. The maximum atomic E-state index is 12.2. The molecule has 0 bridgehead atoms. The molecule has 1 rings (SSSR count). The summed E-state index contributed by atoms with van der Waals surface area (Å²) in [5.41, 5.74) is -0.639. The third-order valence-corrected chi connectivity index (χ3v) is 2.10. The summed E-state index contributed by atoms with van der Waals surface area (Å²) in [6, 6.07) is 2.52. The second-order valence-corrected chi connectivity index (χ2v) is 3.67. The Morgan fingerprint density at radius 3 is 2.52 bits per heavy atom. The highest BCUT2D eigenvalue weighted by Gasteiger charge is 2.39. The molecule has 2 amide bonds. The van der Waals surface area contributed by atoms with E-state index >= 15 is 0 Å². The molecule has 1 heterocycles. The Kier molecular flexibility index (Phi) is 5.18. The highest BCUT2D eigenvalue weighted by molar-refractivity contribution is 6.00. The first kappa shape index (κ1) is 16.4. The van der Waals surface area contributed by atoms with Crippen LogP contribution in [0.4, 0.5) is 29.1 Å². The van der Waals surface area contributed by atoms with Gasteiger partial charge in [0.2, 0.25) is 5.91 Å². The van der Waals surface area contributed by atoms with Crippen molar-refractivity contribution in [2.45, 2.75) is 12.6 Å². The molecule has 0 saturated heterocycles. The molecule has 0 atom stereocenters. The molecule has 0 saturated carbocycles. The third kappa shape index (κ3) is 4.72. The molecule has 1 aromatic heterocycles. The average Bonchev–Trinajstić information content (AvgIpc) is 2.39. The molecule has 0 spiro atoms. The van der Waals surface area contributed by atoms with E-state index in [2.05, 4.69) is 4.98 Å². The Bertz CT molecular complexity index is 595. The summed E-state index contributed by atoms with van der Waals surface area (Å²) < 4.78 is 48.6. The van der Waals surface area contributed by atoms with E-state index in [0.717, 1.165) is 12.3 Å². The fourth-order valence-corrected chi connectivity index (χ4v) is 1.19. The normalized spacial score (nSPS) is 10.6. The van der Waals surface area contributed by atoms with Crippen LogP contribution in [0.3, 0.4) is 0 Å². The first-order valence-electron chi connectivity index (χ1n) is 5.42. The molecule has 21 heavy (non-hydrogen) atoms. The number of carbonyl (C=O) groups excluding carboxylic acids is 2. The molecule has 0 unspecified atom stereocenters. The maximum Gasteiger partial charge on any atom is 0.471 e. The summed E-state index contributed by atoms with van der Waals surface area (Å²) in [6.45, 7) is -0.966. The second kappa shape index (κ2) is 6.65. The molecule has 0 aliphatic carbocycles. The van der Waals surface area contributed by atoms with Gasteiger partial charge in [0.15, 0.2) is 5.82 Å². The predicted octanol–water partition coefficient (Wildman–Crippen LogP) is 1.75. The van der Waals surface area contributed by atoms with Gasteiger partial charge in [-0.1, -0.05) is 0 Å². The van der Waals surface area contributed by atoms with Gasteiger partial charge < -0.3 is 10.6 Å². The van der Waals surface area contributed by atoms with Crippen LogP contribution in [-0.4, -0.2) is 29.6 Å². The van der Waals surface area contributed by atoms with Crippen LogP contribution in [0.2, 0.25) is 0 Å². The van der Waals surface area contributed by atoms with Gasteiger partial charge >= 0.3 is 12.1 Å². The van der Waals surface area contributed by atoms with Gasteiger partial charge in [0.1, 0.15) is 6.07 Å². The van der Waals surface area contributed by atoms with Crippen molar-refractivity contribution in [1.29, 1.82) is 5.26 Å². The van der Waals surface area contributed by atoms with Gasteiger partial charge in [-0.25, -0.2) is 4.98 Å². The van der Waals surface area contributed by atoms with E-state index in [1.54, 1.807) is 6.07 Å². The first-order valence-corrected chi connectivity index (χ1v) is 5.42. The summed E-state index contributed by atoms with van der Waals surface area (Å²) in [6.07, 6.45) is -4.69. The van der Waals surface area contributed by atoms with Gasteiger partial charge in [0.05, 0.1) is 24.3 Å². The number of rotatable bonds is 4. The number of hydrogen-bond acceptors (Lipinski definition) is 4. The number of carbonyl (C=O) groups is 2. The van der Waals surface area contributed by atoms with E-state index in [-0.39, 0.29) is 5.56 Å². The van der Waals surface area contributed by atoms with Crippen LogP contribution in [0.15, 0.2) is 12.3 Å². The zero-order chi connectivity index (χ0) is 16.0. The standard InChI is InChI=1S/C11H8F4N4O2/c12-2-1-8(20)19-9-7(3-6(4-16)5-17-9)18-10(21)11(13,14)15/h3,5H,1-2H2,(H,18,21)(H,17,19,20). The van der Waals surface area contributed by atoms with Gasteiger partial charge in [-0.15, -0.1) is 0 Å². The van der Waals surface area contributed by atoms with Gasteiger partial charge in [-0.05, 0) is 6.07 Å². The van der Waals surface area contributed by atoms with Crippen molar-refractivity contribution < 1.29 is 27.2 Å². The molecule has 1 aromatic rings. The highest BCUT2D eigenvalue weighted by Crippen LogP contribution is 2.24. The lowest BCUT2D eigenvalue weighted by Gasteiger charge is -2.12. The summed E-state index contributed by atoms with van der Waals surface area (Å²) in [4.78, 5) is 25.6. The Balaban J connectivity index is 3.06. The number of amides is 2. The summed E-state index contributed by atoms with van der Waals surface area (Å²) >= 11 is 0. The molecule has 0 radical (unpaired) electrons. The number of nitriles is 1. The number of halogens is 4. The largest absolute Gasteiger partial charge is 0.471 e. The van der Waals surface area contributed by atoms with E-state index in [1.807, 2.05) is 5.32 Å². The van der Waals surface area contributed by atoms with E-state index in [9.17, 15) is 27.2 Å². The van der Waals surface area contributed by atoms with Gasteiger partial charge in [-0.3, -0.25) is 14.0 Å². The summed E-state index contributed by atoms with van der Waals surface area (Å²) in [5.74, 6) is -3.54. The fraction of sp³-hybridized carbons (Fsp3) is 0.273. The quantitative estimate of drug-likeness (QED) is 0.828. The lowest BCUT2D eigenvalue weighted by molar-refractivity contribution is -0.167. The highest BCUT2D eigenvalue weighted by atomic mass is 19.4. The molecule has 6 nitrogen and oxygen atoms in total. The van der Waals surface area contributed by atoms with Crippen LogP contribution in [-0.2, 0) is 9.59 Å². The lowest BCUT2D eigenvalue weighted by atomic mass is 10.2. The second-order valence-electron chi connectivity index (χ2n) is 3.67. The Morgan fingerprint density at radius 1 is 1.33 bits per heavy atom. The van der Waals surface area contributed by atoms with Crippen LogP contribution in [0.1, 0.15) is 12.0 Å². The van der Waals surface area contributed by atoms with E-state index in [1.165, 1.54) is 5.32 Å². The van der Waals surface area contributed by atoms with Crippen molar-refractivity contribution in [2.24, 2.45) is 0 Å². The van der Waals surface area contributed by atoms with Gasteiger partial charge in [-0.2, -0.15) is 18.4 Å². The number of nitrogens with zero attached hydrogens (tertiary/aromatic N) is 2. The molecule has 2 N–H and O–H groups in total. The average molecular weight is 304 g/mol. The Morgan fingerprint density at radius 2 is 2.00 bits per heavy atom. The third-order valence-electron chi connectivity index (χ3n) is 2.10. The molecular formula is C11H8F4N4O2. The molecule has 112 valence electrons. The van der Waals surface area contributed by atoms with Crippen molar-refractivity contribution in [3.63, 3.8) is 0 Å².